The molecule has 1 aliphatic rings. The van der Waals surface area contributed by atoms with Crippen molar-refractivity contribution < 1.29 is 4.79 Å². The second kappa shape index (κ2) is 7.50. The van der Waals surface area contributed by atoms with Crippen molar-refractivity contribution in [2.45, 2.75) is 25.8 Å². The average molecular weight is 460 g/mol. The minimum atomic E-state index is 0.00489. The molecule has 160 valence electrons. The third-order valence-corrected chi connectivity index (χ3v) is 8.11. The summed E-state index contributed by atoms with van der Waals surface area (Å²) in [6, 6.07) is 14.2. The molecule has 1 aromatic carbocycles. The van der Waals surface area contributed by atoms with Crippen LogP contribution in [0.25, 0.3) is 31.8 Å². The van der Waals surface area contributed by atoms with Crippen LogP contribution in [0, 0.1) is 6.92 Å². The fraction of sp³-hybridized carbons (Fsp3) is 0.250. The zero-order valence-electron chi connectivity index (χ0n) is 17.8. The first kappa shape index (κ1) is 19.6. The van der Waals surface area contributed by atoms with E-state index in [1.165, 1.54) is 0 Å². The summed E-state index contributed by atoms with van der Waals surface area (Å²) >= 11 is 3.32. The Balaban J connectivity index is 1.47. The number of carbonyl (C=O) groups is 1. The number of fused-ring (bicyclic) bond motifs is 2. The topological polar surface area (TPSA) is 63.9 Å². The van der Waals surface area contributed by atoms with Crippen molar-refractivity contribution in [1.82, 2.24) is 24.6 Å². The molecule has 0 radical (unpaired) electrons. The molecule has 1 fully saturated rings. The number of para-hydroxylation sites is 1. The molecule has 4 aromatic heterocycles. The van der Waals surface area contributed by atoms with Gasteiger partial charge in [0, 0.05) is 13.6 Å². The second-order valence-electron chi connectivity index (χ2n) is 8.12. The molecule has 0 bridgehead atoms. The van der Waals surface area contributed by atoms with Crippen LogP contribution in [0.4, 0.5) is 0 Å². The minimum absolute atomic E-state index is 0.00489. The van der Waals surface area contributed by atoms with Crippen LogP contribution in [0.1, 0.15) is 39.9 Å². The molecule has 0 N–H and O–H groups in total. The molecule has 0 aliphatic carbocycles. The third kappa shape index (κ3) is 3.05. The average Bonchev–Trinajstić information content (AvgIpc) is 3.59. The Labute approximate surface area is 193 Å². The quantitative estimate of drug-likeness (QED) is 0.353. The molecular weight excluding hydrogens is 438 g/mol. The first-order valence-corrected chi connectivity index (χ1v) is 12.3. The smallest absolute Gasteiger partial charge is 0.255 e. The normalized spacial score (nSPS) is 16.4. The lowest BCUT2D eigenvalue weighted by Crippen LogP contribution is -2.30. The lowest BCUT2D eigenvalue weighted by Gasteiger charge is -2.23. The van der Waals surface area contributed by atoms with Crippen LogP contribution in [-0.4, -0.2) is 37.1 Å². The van der Waals surface area contributed by atoms with E-state index in [0.29, 0.717) is 5.56 Å². The van der Waals surface area contributed by atoms with Crippen molar-refractivity contribution in [3.05, 3.63) is 64.1 Å². The highest BCUT2D eigenvalue weighted by Crippen LogP contribution is 2.38. The van der Waals surface area contributed by atoms with Crippen molar-refractivity contribution in [3.63, 3.8) is 0 Å². The van der Waals surface area contributed by atoms with Crippen LogP contribution in [0.5, 0.6) is 0 Å². The van der Waals surface area contributed by atoms with Crippen LogP contribution < -0.4 is 0 Å². The van der Waals surface area contributed by atoms with E-state index in [9.17, 15) is 4.79 Å². The van der Waals surface area contributed by atoms with Crippen LogP contribution in [-0.2, 0) is 7.05 Å². The van der Waals surface area contributed by atoms with Gasteiger partial charge in [-0.1, -0.05) is 18.2 Å². The number of hydrogen-bond acceptors (Lipinski definition) is 6. The SMILES string of the molecule is Cc1nn(C)c2nc(-c3cccs3)cc(C(=O)N3CCCC3c3nc4ccccc4s3)c12. The van der Waals surface area contributed by atoms with Crippen LogP contribution in [0.2, 0.25) is 0 Å². The van der Waals surface area contributed by atoms with E-state index < -0.39 is 0 Å². The molecule has 5 aromatic rings. The fourth-order valence-electron chi connectivity index (χ4n) is 4.62. The number of thiophene rings is 1. The molecule has 0 spiro atoms. The van der Waals surface area contributed by atoms with Crippen molar-refractivity contribution in [3.8, 4) is 10.6 Å². The lowest BCUT2D eigenvalue weighted by molar-refractivity contribution is 0.0737. The van der Waals surface area contributed by atoms with Gasteiger partial charge in [-0.25, -0.2) is 9.97 Å². The van der Waals surface area contributed by atoms with Gasteiger partial charge in [0.2, 0.25) is 0 Å². The largest absolute Gasteiger partial charge is 0.329 e. The molecule has 6 rings (SSSR count). The molecule has 1 amide bonds. The van der Waals surface area contributed by atoms with Crippen molar-refractivity contribution >= 4 is 49.8 Å². The predicted octanol–water partition coefficient (Wildman–Crippen LogP) is 5.59. The van der Waals surface area contributed by atoms with Crippen molar-refractivity contribution in [2.75, 3.05) is 6.54 Å². The molecule has 0 saturated carbocycles. The molecule has 1 unspecified atom stereocenters. The Morgan fingerprint density at radius 1 is 1.16 bits per heavy atom. The number of amides is 1. The van der Waals surface area contributed by atoms with Crippen LogP contribution in [0.15, 0.2) is 47.8 Å². The van der Waals surface area contributed by atoms with Gasteiger partial charge in [0.15, 0.2) is 5.65 Å². The van der Waals surface area contributed by atoms with E-state index in [1.54, 1.807) is 27.4 Å². The van der Waals surface area contributed by atoms with Gasteiger partial charge >= 0.3 is 0 Å². The highest BCUT2D eigenvalue weighted by atomic mass is 32.1. The van der Waals surface area contributed by atoms with E-state index in [1.807, 2.05) is 60.6 Å². The van der Waals surface area contributed by atoms with Crippen LogP contribution in [0.3, 0.4) is 0 Å². The van der Waals surface area contributed by atoms with Gasteiger partial charge in [0.05, 0.1) is 43.5 Å². The second-order valence-corrected chi connectivity index (χ2v) is 10.1. The number of rotatable bonds is 3. The molecule has 8 heteroatoms. The Morgan fingerprint density at radius 2 is 2.03 bits per heavy atom. The molecular formula is C24H21N5OS2. The summed E-state index contributed by atoms with van der Waals surface area (Å²) in [4.78, 5) is 26.7. The summed E-state index contributed by atoms with van der Waals surface area (Å²) in [5.41, 5.74) is 4.06. The standard InChI is InChI=1S/C24H21N5OS2/c1-14-21-15(13-17(19-10-6-12-31-19)25-22(21)28(2)27-14)24(30)29-11-5-8-18(29)23-26-16-7-3-4-9-20(16)32-23/h3-4,6-7,9-10,12-13,18H,5,8,11H2,1-2H3. The Hall–Kier alpha value is -3.10. The molecule has 32 heavy (non-hydrogen) atoms. The number of likely N-dealkylation sites (tertiary alicyclic amines) is 1. The number of hydrogen-bond donors (Lipinski definition) is 0. The number of pyridine rings is 1. The van der Waals surface area contributed by atoms with Gasteiger partial charge in [-0.3, -0.25) is 9.48 Å². The Kier molecular flexibility index (Phi) is 4.58. The summed E-state index contributed by atoms with van der Waals surface area (Å²) in [6.45, 7) is 2.68. The number of thiazole rings is 1. The lowest BCUT2D eigenvalue weighted by atomic mass is 10.1. The van der Waals surface area contributed by atoms with E-state index in [-0.39, 0.29) is 11.9 Å². The minimum Gasteiger partial charge on any atom is -0.329 e. The molecule has 1 aliphatic heterocycles. The summed E-state index contributed by atoms with van der Waals surface area (Å²) in [5, 5.41) is 8.45. The number of aromatic nitrogens is 4. The monoisotopic (exact) mass is 459 g/mol. The van der Waals surface area contributed by atoms with E-state index >= 15 is 0 Å². The van der Waals surface area contributed by atoms with Crippen molar-refractivity contribution in [1.29, 1.82) is 0 Å². The van der Waals surface area contributed by atoms with Gasteiger partial charge in [-0.05, 0) is 49.4 Å². The summed E-state index contributed by atoms with van der Waals surface area (Å²) in [7, 11) is 1.88. The zero-order valence-corrected chi connectivity index (χ0v) is 19.4. The molecule has 6 nitrogen and oxygen atoms in total. The van der Waals surface area contributed by atoms with E-state index in [0.717, 1.165) is 61.9 Å². The number of aryl methyl sites for hydroxylation is 2. The zero-order chi connectivity index (χ0) is 21.8. The third-order valence-electron chi connectivity index (χ3n) is 6.08. The predicted molar refractivity (Wildman–Crippen MR) is 129 cm³/mol. The maximum absolute atomic E-state index is 14.0. The molecule has 1 saturated heterocycles. The summed E-state index contributed by atoms with van der Waals surface area (Å²) in [6.07, 6.45) is 1.91. The number of carbonyl (C=O) groups excluding carboxylic acids is 1. The van der Waals surface area contributed by atoms with Gasteiger partial charge in [0.25, 0.3) is 5.91 Å². The van der Waals surface area contributed by atoms with E-state index in [4.69, 9.17) is 9.97 Å². The summed E-state index contributed by atoms with van der Waals surface area (Å²) < 4.78 is 2.93. The Morgan fingerprint density at radius 3 is 2.84 bits per heavy atom. The highest BCUT2D eigenvalue weighted by molar-refractivity contribution is 7.18. The maximum atomic E-state index is 14.0. The number of benzene rings is 1. The molecule has 5 heterocycles. The fourth-order valence-corrected chi connectivity index (χ4v) is 6.42. The van der Waals surface area contributed by atoms with E-state index in [2.05, 4.69) is 11.2 Å². The maximum Gasteiger partial charge on any atom is 0.255 e. The Bertz CT molecular complexity index is 1430. The van der Waals surface area contributed by atoms with Gasteiger partial charge in [0.1, 0.15) is 5.01 Å². The van der Waals surface area contributed by atoms with Crippen molar-refractivity contribution in [2.24, 2.45) is 7.05 Å². The van der Waals surface area contributed by atoms with Gasteiger partial charge in [-0.15, -0.1) is 22.7 Å². The number of nitrogens with zero attached hydrogens (tertiary/aromatic N) is 5. The first-order chi connectivity index (χ1) is 15.6. The van der Waals surface area contributed by atoms with Crippen LogP contribution >= 0.6 is 22.7 Å². The molecule has 1 atom stereocenters. The highest BCUT2D eigenvalue weighted by Gasteiger charge is 2.34. The summed E-state index contributed by atoms with van der Waals surface area (Å²) in [5.74, 6) is 0.0352. The first-order valence-electron chi connectivity index (χ1n) is 10.6. The van der Waals surface area contributed by atoms with Gasteiger partial charge < -0.3 is 4.90 Å². The van der Waals surface area contributed by atoms with Gasteiger partial charge in [-0.2, -0.15) is 5.10 Å².